The maximum atomic E-state index is 2.79. The molecule has 4 rings (SSSR count). The zero-order valence-corrected chi connectivity index (χ0v) is 47.6. The summed E-state index contributed by atoms with van der Waals surface area (Å²) in [6.07, 6.45) is 46.6. The van der Waals surface area contributed by atoms with E-state index < -0.39 is 8.07 Å². The van der Waals surface area contributed by atoms with Gasteiger partial charge in [0.25, 0.3) is 0 Å². The van der Waals surface area contributed by atoms with Crippen molar-refractivity contribution in [3.05, 3.63) is 112 Å². The molecule has 0 nitrogen and oxygen atoms in total. The Bertz CT molecular complexity index is 1520. The van der Waals surface area contributed by atoms with Crippen molar-refractivity contribution in [1.29, 1.82) is 0 Å². The van der Waals surface area contributed by atoms with Crippen LogP contribution in [0.3, 0.4) is 0 Å². The summed E-state index contributed by atoms with van der Waals surface area (Å²) in [4.78, 5) is 0. The summed E-state index contributed by atoms with van der Waals surface area (Å²) in [5.41, 5.74) is 11.0. The summed E-state index contributed by atoms with van der Waals surface area (Å²) >= 11 is 2.67. The summed E-state index contributed by atoms with van der Waals surface area (Å²) in [6.45, 7) is 16.5. The molecular weight excluding hydrogens is 903 g/mol. The standard InChI is InChI=1S/C60H93Si.3ClH.Ti/c1-8-14-20-26-32-51-41-52(33-27-21-15-9-2)45-58(44-51)61(57-39-38-50(7)40-57,59-46-53(34-28-22-16-10-3)42-54(47-59)35-29-23-17-11-4)60-48-55(36-30-24-18-12-5)43-56(49-60)37-31-25-19-13-6;;;;/h38-49H,8-37H2,1-7H3;3*1H;/q;;;;+3/p-3. The average Bonchev–Trinajstić information content (AvgIpc) is 3.63. The first-order chi connectivity index (χ1) is 30.3. The van der Waals surface area contributed by atoms with Crippen LogP contribution in [0.15, 0.2) is 78.4 Å². The zero-order chi connectivity index (χ0) is 44.5. The molecule has 3 aromatic rings. The number of hydrogen-bond acceptors (Lipinski definition) is 0. The summed E-state index contributed by atoms with van der Waals surface area (Å²) < 4.78 is -0.0992. The van der Waals surface area contributed by atoms with Gasteiger partial charge in [0.15, 0.2) is 0 Å². The van der Waals surface area contributed by atoms with Crippen molar-refractivity contribution in [3.63, 3.8) is 0 Å². The van der Waals surface area contributed by atoms with Gasteiger partial charge in [0.05, 0.1) is 0 Å². The number of unbranched alkanes of at least 4 members (excludes halogenated alkanes) is 18. The number of rotatable bonds is 34. The number of halogens is 3. The van der Waals surface area contributed by atoms with Crippen LogP contribution in [0.5, 0.6) is 0 Å². The minimum atomic E-state index is -2.83. The van der Waals surface area contributed by atoms with Gasteiger partial charge >= 0.3 is 400 Å². The molecule has 0 fully saturated rings. The van der Waals surface area contributed by atoms with Crippen molar-refractivity contribution < 1.29 is 57.7 Å². The van der Waals surface area contributed by atoms with Crippen LogP contribution in [0.25, 0.3) is 0 Å². The van der Waals surface area contributed by atoms with Gasteiger partial charge in [0.1, 0.15) is 0 Å². The second-order valence-corrected chi connectivity index (χ2v) is 26.0. The maximum absolute atomic E-state index is 2.83. The summed E-state index contributed by atoms with van der Waals surface area (Å²) in [6, 6.07) is 24.7. The molecular formula is C60H93Cl3SiTi. The fourth-order valence-corrected chi connectivity index (χ4v) is 18.6. The van der Waals surface area contributed by atoms with Crippen molar-refractivity contribution in [2.75, 3.05) is 0 Å². The van der Waals surface area contributed by atoms with Gasteiger partial charge in [-0.1, -0.05) is 0 Å². The number of aryl methyl sites for hydroxylation is 6. The van der Waals surface area contributed by atoms with E-state index >= 15 is 0 Å². The molecule has 1 unspecified atom stereocenters. The van der Waals surface area contributed by atoms with E-state index in [1.807, 2.05) is 0 Å². The van der Waals surface area contributed by atoms with Crippen LogP contribution >= 0.6 is 0 Å². The van der Waals surface area contributed by atoms with E-state index in [-0.39, 0.29) is 40.6 Å². The third kappa shape index (κ3) is 19.7. The fraction of sp³-hybridized carbons (Fsp3) is 0.633. The first-order valence-corrected chi connectivity index (χ1v) is 29.6. The molecule has 0 spiro atoms. The van der Waals surface area contributed by atoms with Gasteiger partial charge in [-0.25, -0.2) is 0 Å². The van der Waals surface area contributed by atoms with Crippen LogP contribution in [-0.2, 0) is 59.0 Å². The second-order valence-electron chi connectivity index (χ2n) is 19.8. The monoisotopic (exact) mass is 995 g/mol. The number of hydrogen-bond donors (Lipinski definition) is 0. The Morgan fingerprint density at radius 3 is 0.769 bits per heavy atom. The largest absolute Gasteiger partial charge is 1.00 e. The molecule has 3 aromatic carbocycles. The second kappa shape index (κ2) is 35.1. The van der Waals surface area contributed by atoms with E-state index in [0.717, 1.165) is 0 Å². The normalized spacial score (nSPS) is 14.5. The number of allylic oxidation sites excluding steroid dienone is 4. The molecule has 362 valence electrons. The van der Waals surface area contributed by atoms with Gasteiger partial charge in [-0.2, -0.15) is 0 Å². The molecule has 0 aromatic heterocycles. The predicted molar refractivity (Wildman–Crippen MR) is 277 cm³/mol. The SMILES string of the molecule is CCCCCCc1cc(CCCCCC)cc([Si](c2cc(CCCCCC)cc(CCCCCC)c2)(c2cc(CCCCCC)cc(CCCCCC)c2)[C]2([Ti+3])C=CC(C)=C2)c1.[Cl-].[Cl-].[Cl-]. The van der Waals surface area contributed by atoms with Crippen molar-refractivity contribution in [3.8, 4) is 0 Å². The van der Waals surface area contributed by atoms with E-state index in [1.54, 1.807) is 48.9 Å². The predicted octanol–water partition coefficient (Wildman–Crippen LogP) is 7.67. The van der Waals surface area contributed by atoms with E-state index in [1.165, 1.54) is 198 Å². The van der Waals surface area contributed by atoms with Crippen LogP contribution in [0, 0.1) is 0 Å². The molecule has 0 N–H and O–H groups in total. The third-order valence-corrected chi connectivity index (χ3v) is 21.3. The minimum Gasteiger partial charge on any atom is -1.00 e. The molecule has 0 amide bonds. The van der Waals surface area contributed by atoms with E-state index in [0.29, 0.717) is 0 Å². The number of benzene rings is 3. The van der Waals surface area contributed by atoms with Crippen LogP contribution in [-0.4, -0.2) is 8.07 Å². The molecule has 0 aliphatic heterocycles. The molecule has 0 saturated heterocycles. The Balaban J connectivity index is 0.00000704. The van der Waals surface area contributed by atoms with Crippen LogP contribution in [0.2, 0.25) is 3.34 Å². The van der Waals surface area contributed by atoms with Gasteiger partial charge in [-0.3, -0.25) is 0 Å². The van der Waals surface area contributed by atoms with Gasteiger partial charge in [0, 0.05) is 0 Å². The molecule has 1 aliphatic carbocycles. The topological polar surface area (TPSA) is 0 Å². The molecule has 0 saturated carbocycles. The Labute approximate surface area is 434 Å². The Kier molecular flexibility index (Phi) is 33.5. The van der Waals surface area contributed by atoms with Crippen molar-refractivity contribution in [2.24, 2.45) is 0 Å². The molecule has 0 bridgehead atoms. The smallest absolute Gasteiger partial charge is 1.00 e. The van der Waals surface area contributed by atoms with Crippen LogP contribution in [0.1, 0.15) is 236 Å². The minimum absolute atomic E-state index is 0. The van der Waals surface area contributed by atoms with Crippen LogP contribution < -0.4 is 52.8 Å². The Morgan fingerprint density at radius 1 is 0.354 bits per heavy atom. The van der Waals surface area contributed by atoms with E-state index in [9.17, 15) is 0 Å². The van der Waals surface area contributed by atoms with Crippen molar-refractivity contribution >= 4 is 23.6 Å². The molecule has 65 heavy (non-hydrogen) atoms. The summed E-state index contributed by atoms with van der Waals surface area (Å²) in [5, 5.41) is 5.03. The zero-order valence-electron chi connectivity index (χ0n) is 42.8. The fourth-order valence-electron chi connectivity index (χ4n) is 10.5. The molecule has 0 heterocycles. The van der Waals surface area contributed by atoms with E-state index in [4.69, 9.17) is 0 Å². The summed E-state index contributed by atoms with van der Waals surface area (Å²) in [5.74, 6) is 0. The van der Waals surface area contributed by atoms with Gasteiger partial charge in [0.2, 0.25) is 0 Å². The molecule has 1 aliphatic rings. The van der Waals surface area contributed by atoms with Gasteiger partial charge < -0.3 is 37.2 Å². The van der Waals surface area contributed by atoms with Crippen LogP contribution in [0.4, 0.5) is 0 Å². The maximum Gasteiger partial charge on any atom is -1.00 e. The molecule has 5 heteroatoms. The Morgan fingerprint density at radius 2 is 0.585 bits per heavy atom. The van der Waals surface area contributed by atoms with Gasteiger partial charge in [-0.05, 0) is 0 Å². The summed E-state index contributed by atoms with van der Waals surface area (Å²) in [7, 11) is -2.83. The quantitative estimate of drug-likeness (QED) is 0.0328. The van der Waals surface area contributed by atoms with E-state index in [2.05, 4.69) is 142 Å². The average molecular weight is 997 g/mol. The molecule has 0 radical (unpaired) electrons. The van der Waals surface area contributed by atoms with Gasteiger partial charge in [-0.15, -0.1) is 0 Å². The van der Waals surface area contributed by atoms with Crippen molar-refractivity contribution in [2.45, 2.75) is 244 Å². The third-order valence-electron chi connectivity index (χ3n) is 14.1. The first-order valence-electron chi connectivity index (χ1n) is 26.8. The first kappa shape index (κ1) is 62.0. The Hall–Kier alpha value is -1.06. The molecule has 1 atom stereocenters. The van der Waals surface area contributed by atoms with Crippen molar-refractivity contribution in [1.82, 2.24) is 0 Å².